The Bertz CT molecular complexity index is 1100. The number of methoxy groups -OCH3 is 1. The molecule has 178 valence electrons. The van der Waals surface area contributed by atoms with E-state index in [-0.39, 0.29) is 11.0 Å². The molecule has 0 aliphatic carbocycles. The van der Waals surface area contributed by atoms with Crippen LogP contribution in [0.4, 0.5) is 5.69 Å². The zero-order chi connectivity index (χ0) is 24.2. The number of para-hydroxylation sites is 3. The summed E-state index contributed by atoms with van der Waals surface area (Å²) in [5.74, 6) is 1.64. The lowest BCUT2D eigenvalue weighted by molar-refractivity contribution is 0.0977. The fourth-order valence-corrected chi connectivity index (χ4v) is 3.54. The number of nitrogens with one attached hydrogen (secondary N) is 2. The van der Waals surface area contributed by atoms with E-state index < -0.39 is 0 Å². The maximum Gasteiger partial charge on any atom is 0.257 e. The summed E-state index contributed by atoms with van der Waals surface area (Å²) in [4.78, 5) is 12.6. The van der Waals surface area contributed by atoms with Crippen LogP contribution in [0, 0.1) is 0 Å². The van der Waals surface area contributed by atoms with Crippen molar-refractivity contribution in [2.75, 3.05) is 38.9 Å². The molecule has 0 bridgehead atoms. The molecule has 0 aromatic heterocycles. The molecule has 7 nitrogen and oxygen atoms in total. The molecule has 1 amide bonds. The van der Waals surface area contributed by atoms with E-state index in [1.54, 1.807) is 25.3 Å². The minimum atomic E-state index is -0.351. The van der Waals surface area contributed by atoms with E-state index in [4.69, 9.17) is 31.2 Å². The van der Waals surface area contributed by atoms with Gasteiger partial charge < -0.3 is 24.3 Å². The van der Waals surface area contributed by atoms with Crippen LogP contribution in [0.2, 0.25) is 0 Å². The van der Waals surface area contributed by atoms with Gasteiger partial charge in [0.15, 0.2) is 5.11 Å². The van der Waals surface area contributed by atoms with E-state index >= 15 is 0 Å². The third kappa shape index (κ3) is 8.02. The van der Waals surface area contributed by atoms with E-state index in [2.05, 4.69) is 26.6 Å². The van der Waals surface area contributed by atoms with Crippen molar-refractivity contribution in [2.45, 2.75) is 0 Å². The lowest BCUT2D eigenvalue weighted by Crippen LogP contribution is -2.34. The molecule has 3 aromatic rings. The molecule has 0 saturated heterocycles. The molecule has 0 fully saturated rings. The summed E-state index contributed by atoms with van der Waals surface area (Å²) < 4.78 is 22.7. The number of thiocarbonyl (C=S) groups is 1. The van der Waals surface area contributed by atoms with Crippen LogP contribution in [-0.4, -0.2) is 44.6 Å². The van der Waals surface area contributed by atoms with Gasteiger partial charge in [-0.3, -0.25) is 10.1 Å². The molecule has 0 spiro atoms. The average Bonchev–Trinajstić information content (AvgIpc) is 2.84. The molecule has 34 heavy (non-hydrogen) atoms. The highest BCUT2D eigenvalue weighted by Crippen LogP contribution is 2.26. The van der Waals surface area contributed by atoms with Crippen LogP contribution in [0.15, 0.2) is 77.3 Å². The lowest BCUT2D eigenvalue weighted by atomic mass is 10.2. The van der Waals surface area contributed by atoms with Crippen LogP contribution < -0.4 is 24.8 Å². The molecule has 3 aromatic carbocycles. The summed E-state index contributed by atoms with van der Waals surface area (Å²) in [6, 6.07) is 21.9. The quantitative estimate of drug-likeness (QED) is 0.258. The van der Waals surface area contributed by atoms with E-state index in [0.717, 1.165) is 5.75 Å². The van der Waals surface area contributed by atoms with Gasteiger partial charge in [-0.05, 0) is 70.6 Å². The van der Waals surface area contributed by atoms with Crippen LogP contribution in [0.3, 0.4) is 0 Å². The van der Waals surface area contributed by atoms with Gasteiger partial charge in [-0.15, -0.1) is 0 Å². The molecule has 0 saturated carbocycles. The normalized spacial score (nSPS) is 10.3. The highest BCUT2D eigenvalue weighted by molar-refractivity contribution is 9.10. The Balaban J connectivity index is 1.51. The molecule has 0 atom stereocenters. The maximum atomic E-state index is 12.6. The van der Waals surface area contributed by atoms with Crippen molar-refractivity contribution < 1.29 is 23.7 Å². The summed E-state index contributed by atoms with van der Waals surface area (Å²) in [7, 11) is 1.60. The van der Waals surface area contributed by atoms with E-state index in [0.29, 0.717) is 53.7 Å². The zero-order valence-electron chi connectivity index (χ0n) is 18.6. The van der Waals surface area contributed by atoms with Gasteiger partial charge in [-0.1, -0.05) is 30.3 Å². The van der Waals surface area contributed by atoms with Crippen molar-refractivity contribution in [3.63, 3.8) is 0 Å². The van der Waals surface area contributed by atoms with Crippen molar-refractivity contribution in [2.24, 2.45) is 0 Å². The van der Waals surface area contributed by atoms with E-state index in [1.165, 1.54) is 0 Å². The highest BCUT2D eigenvalue weighted by Gasteiger charge is 2.12. The fraction of sp³-hybridized carbons (Fsp3) is 0.200. The molecule has 2 N–H and O–H groups in total. The van der Waals surface area contributed by atoms with Gasteiger partial charge in [0.25, 0.3) is 5.91 Å². The monoisotopic (exact) mass is 544 g/mol. The number of hydrogen-bond acceptors (Lipinski definition) is 6. The maximum absolute atomic E-state index is 12.6. The number of hydrogen-bond donors (Lipinski definition) is 2. The van der Waals surface area contributed by atoms with Crippen molar-refractivity contribution in [3.05, 3.63) is 82.8 Å². The first-order valence-corrected chi connectivity index (χ1v) is 11.7. The molecule has 0 aliphatic heterocycles. The number of carbonyl (C=O) groups is 1. The summed E-state index contributed by atoms with van der Waals surface area (Å²) in [6.07, 6.45) is 0. The first-order chi connectivity index (χ1) is 16.6. The Morgan fingerprint density at radius 3 is 2.29 bits per heavy atom. The lowest BCUT2D eigenvalue weighted by Gasteiger charge is -2.15. The Hall–Kier alpha value is -3.14. The average molecular weight is 545 g/mol. The van der Waals surface area contributed by atoms with Gasteiger partial charge in [0.1, 0.15) is 37.1 Å². The molecule has 0 unspecified atom stereocenters. The second-order valence-electron chi connectivity index (χ2n) is 6.90. The largest absolute Gasteiger partial charge is 0.490 e. The summed E-state index contributed by atoms with van der Waals surface area (Å²) in [5.41, 5.74) is 1.06. The van der Waals surface area contributed by atoms with E-state index in [9.17, 15) is 4.79 Å². The first-order valence-electron chi connectivity index (χ1n) is 10.5. The standard InChI is InChI=1S/C25H25BrN2O5S/c1-30-13-14-32-22-12-11-18(17-20(22)26)24(29)28-25(34)27-21-9-5-6-10-23(21)33-16-15-31-19-7-3-2-4-8-19/h2-12,17H,13-16H2,1H3,(H2,27,28,29,34). The van der Waals surface area contributed by atoms with Crippen molar-refractivity contribution in [3.8, 4) is 17.2 Å². The van der Waals surface area contributed by atoms with Crippen LogP contribution in [-0.2, 0) is 4.74 Å². The Morgan fingerprint density at radius 2 is 1.53 bits per heavy atom. The third-order valence-corrected chi connectivity index (χ3v) is 5.28. The first kappa shape index (κ1) is 25.5. The zero-order valence-corrected chi connectivity index (χ0v) is 21.0. The van der Waals surface area contributed by atoms with Gasteiger partial charge in [-0.25, -0.2) is 0 Å². The predicted octanol–water partition coefficient (Wildman–Crippen LogP) is 5.06. The minimum Gasteiger partial charge on any atom is -0.490 e. The van der Waals surface area contributed by atoms with E-state index in [1.807, 2.05) is 54.6 Å². The van der Waals surface area contributed by atoms with Crippen molar-refractivity contribution >= 4 is 44.9 Å². The summed E-state index contributed by atoms with van der Waals surface area (Å²) in [5, 5.41) is 5.84. The van der Waals surface area contributed by atoms with Gasteiger partial charge in [0, 0.05) is 12.7 Å². The second-order valence-corrected chi connectivity index (χ2v) is 8.16. The fourth-order valence-electron chi connectivity index (χ4n) is 2.85. The van der Waals surface area contributed by atoms with Gasteiger partial charge >= 0.3 is 0 Å². The number of rotatable bonds is 11. The minimum absolute atomic E-state index is 0.151. The van der Waals surface area contributed by atoms with Crippen LogP contribution in [0.1, 0.15) is 10.4 Å². The van der Waals surface area contributed by atoms with Crippen LogP contribution in [0.25, 0.3) is 0 Å². The molecule has 0 aliphatic rings. The molecular formula is C25H25BrN2O5S. The van der Waals surface area contributed by atoms with Crippen molar-refractivity contribution in [1.82, 2.24) is 5.32 Å². The molecule has 0 radical (unpaired) electrons. The Labute approximate surface area is 212 Å². The molecular weight excluding hydrogens is 520 g/mol. The Morgan fingerprint density at radius 1 is 0.853 bits per heavy atom. The van der Waals surface area contributed by atoms with Crippen LogP contribution >= 0.6 is 28.1 Å². The number of ether oxygens (including phenoxy) is 4. The van der Waals surface area contributed by atoms with Gasteiger partial charge in [0.2, 0.25) is 0 Å². The predicted molar refractivity (Wildman–Crippen MR) is 139 cm³/mol. The smallest absolute Gasteiger partial charge is 0.257 e. The number of carbonyl (C=O) groups excluding carboxylic acids is 1. The number of halogens is 1. The number of anilines is 1. The highest BCUT2D eigenvalue weighted by atomic mass is 79.9. The summed E-state index contributed by atoms with van der Waals surface area (Å²) in [6.45, 7) is 1.62. The SMILES string of the molecule is COCCOc1ccc(C(=O)NC(=S)Nc2ccccc2OCCOc2ccccc2)cc1Br. The second kappa shape index (κ2) is 13.5. The molecule has 9 heteroatoms. The van der Waals surface area contributed by atoms with Gasteiger partial charge in [-0.2, -0.15) is 0 Å². The van der Waals surface area contributed by atoms with Crippen molar-refractivity contribution in [1.29, 1.82) is 0 Å². The molecule has 3 rings (SSSR count). The third-order valence-electron chi connectivity index (χ3n) is 4.45. The Kier molecular flexibility index (Phi) is 10.1. The topological polar surface area (TPSA) is 78.1 Å². The molecule has 0 heterocycles. The summed E-state index contributed by atoms with van der Waals surface area (Å²) >= 11 is 8.75. The number of amides is 1. The van der Waals surface area contributed by atoms with Gasteiger partial charge in [0.05, 0.1) is 16.8 Å². The van der Waals surface area contributed by atoms with Crippen LogP contribution in [0.5, 0.6) is 17.2 Å². The number of benzene rings is 3.